The number of rotatable bonds is 4. The lowest BCUT2D eigenvalue weighted by Crippen LogP contribution is -2.39. The molecule has 9 nitrogen and oxygen atoms in total. The van der Waals surface area contributed by atoms with E-state index in [0.717, 1.165) is 31.2 Å². The molecule has 4 rings (SSSR count). The average Bonchev–Trinajstić information content (AvgIpc) is 3.15. The highest BCUT2D eigenvalue weighted by molar-refractivity contribution is 7.92. The number of hydrogen-bond acceptors (Lipinski definition) is 5. The number of nitrogens with one attached hydrogen (secondary N) is 2. The van der Waals surface area contributed by atoms with Gasteiger partial charge in [-0.1, -0.05) is 12.1 Å². The minimum atomic E-state index is -3.53. The van der Waals surface area contributed by atoms with E-state index in [4.69, 9.17) is 0 Å². The van der Waals surface area contributed by atoms with Gasteiger partial charge in [0.25, 0.3) is 11.5 Å². The first kappa shape index (κ1) is 21.1. The first-order valence-electron chi connectivity index (χ1n) is 10.1. The average molecular weight is 444 g/mol. The van der Waals surface area contributed by atoms with Gasteiger partial charge in [-0.2, -0.15) is 0 Å². The molecule has 1 saturated heterocycles. The van der Waals surface area contributed by atoms with Gasteiger partial charge in [-0.15, -0.1) is 0 Å². The second kappa shape index (κ2) is 7.84. The van der Waals surface area contributed by atoms with Crippen molar-refractivity contribution in [1.82, 2.24) is 19.5 Å². The first-order chi connectivity index (χ1) is 14.7. The number of amides is 1. The number of likely N-dealkylation sites (tertiary alicyclic amines) is 1. The van der Waals surface area contributed by atoms with Gasteiger partial charge >= 0.3 is 0 Å². The van der Waals surface area contributed by atoms with Crippen molar-refractivity contribution in [3.05, 3.63) is 63.2 Å². The highest BCUT2D eigenvalue weighted by Gasteiger charge is 2.31. The number of benzene rings is 1. The van der Waals surface area contributed by atoms with Gasteiger partial charge in [0.1, 0.15) is 0 Å². The van der Waals surface area contributed by atoms with Gasteiger partial charge in [0, 0.05) is 23.9 Å². The molecule has 0 saturated carbocycles. The quantitative estimate of drug-likeness (QED) is 0.642. The van der Waals surface area contributed by atoms with Crippen LogP contribution in [0.4, 0.5) is 5.69 Å². The number of fused-ring (bicyclic) bond motifs is 1. The lowest BCUT2D eigenvalue weighted by molar-refractivity contribution is 0.0607. The zero-order valence-electron chi connectivity index (χ0n) is 17.7. The third-order valence-electron chi connectivity index (χ3n) is 5.68. The monoisotopic (exact) mass is 443 g/mol. The molecule has 1 aliphatic heterocycles. The second-order valence-electron chi connectivity index (χ2n) is 7.96. The van der Waals surface area contributed by atoms with E-state index in [1.807, 2.05) is 6.07 Å². The van der Waals surface area contributed by atoms with E-state index >= 15 is 0 Å². The third kappa shape index (κ3) is 4.07. The molecule has 1 aliphatic rings. The number of carbonyl (C=O) groups excluding carboxylic acids is 1. The Labute approximate surface area is 180 Å². The van der Waals surface area contributed by atoms with Crippen molar-refractivity contribution in [2.45, 2.75) is 39.2 Å². The number of H-pyrrole nitrogens is 1. The predicted molar refractivity (Wildman–Crippen MR) is 118 cm³/mol. The Morgan fingerprint density at radius 1 is 1.23 bits per heavy atom. The maximum atomic E-state index is 13.5. The first-order valence-corrected chi connectivity index (χ1v) is 12.0. The molecule has 1 atom stereocenters. The fraction of sp³-hybridized carbons (Fsp3) is 0.381. The molecule has 3 heterocycles. The number of aryl methyl sites for hydroxylation is 1. The van der Waals surface area contributed by atoms with Crippen molar-refractivity contribution >= 4 is 27.3 Å². The Bertz CT molecular complexity index is 1330. The SMILES string of the molecule is Cc1nc2cc(C3CCCCN3C(=O)c3ccccc3NS(C)(=O)=O)[nH]n2c(=O)c1C. The van der Waals surface area contributed by atoms with Gasteiger partial charge in [0.05, 0.1) is 29.2 Å². The van der Waals surface area contributed by atoms with Crippen LogP contribution in [0.25, 0.3) is 5.65 Å². The molecule has 2 aromatic heterocycles. The normalized spacial score (nSPS) is 17.1. The van der Waals surface area contributed by atoms with Gasteiger partial charge in [-0.25, -0.2) is 17.9 Å². The maximum absolute atomic E-state index is 13.5. The summed E-state index contributed by atoms with van der Waals surface area (Å²) in [4.78, 5) is 32.3. The molecule has 10 heteroatoms. The largest absolute Gasteiger partial charge is 0.330 e. The van der Waals surface area contributed by atoms with Crippen molar-refractivity contribution in [2.24, 2.45) is 0 Å². The van der Waals surface area contributed by atoms with Crippen LogP contribution in [0.2, 0.25) is 0 Å². The number of nitrogens with zero attached hydrogens (tertiary/aromatic N) is 3. The van der Waals surface area contributed by atoms with Crippen LogP contribution in [0.1, 0.15) is 52.6 Å². The number of sulfonamides is 1. The summed E-state index contributed by atoms with van der Waals surface area (Å²) in [5.41, 5.74) is 2.87. The lowest BCUT2D eigenvalue weighted by Gasteiger charge is -2.35. The standard InChI is InChI=1S/C21H25N5O4S/c1-13-14(2)22-19-12-17(23-26(19)20(13)27)18-10-6-7-11-25(18)21(28)15-8-4-5-9-16(15)24-31(3,29)30/h4-5,8-9,12,18,23-24H,6-7,10-11H2,1-3H3. The summed E-state index contributed by atoms with van der Waals surface area (Å²) in [6.07, 6.45) is 3.57. The summed E-state index contributed by atoms with van der Waals surface area (Å²) in [5, 5.41) is 3.13. The van der Waals surface area contributed by atoms with Crippen LogP contribution in [0.3, 0.4) is 0 Å². The zero-order chi connectivity index (χ0) is 22.3. The van der Waals surface area contributed by atoms with Crippen molar-refractivity contribution in [2.75, 3.05) is 17.5 Å². The molecule has 0 spiro atoms. The second-order valence-corrected chi connectivity index (χ2v) is 9.71. The molecule has 3 aromatic rings. The molecule has 1 unspecified atom stereocenters. The van der Waals surface area contributed by atoms with E-state index in [1.54, 1.807) is 43.0 Å². The van der Waals surface area contributed by atoms with E-state index in [2.05, 4.69) is 14.8 Å². The molecular formula is C21H25N5O4S. The molecular weight excluding hydrogens is 418 g/mol. The van der Waals surface area contributed by atoms with Crippen LogP contribution in [0.15, 0.2) is 35.1 Å². The van der Waals surface area contributed by atoms with Crippen molar-refractivity contribution in [1.29, 1.82) is 0 Å². The van der Waals surface area contributed by atoms with Gasteiger partial charge in [0.2, 0.25) is 10.0 Å². The zero-order valence-corrected chi connectivity index (χ0v) is 18.5. The number of aromatic amines is 1. The molecule has 0 bridgehead atoms. The summed E-state index contributed by atoms with van der Waals surface area (Å²) in [6, 6.07) is 8.12. The summed E-state index contributed by atoms with van der Waals surface area (Å²) in [7, 11) is -3.53. The molecule has 1 aromatic carbocycles. The van der Waals surface area contributed by atoms with Crippen molar-refractivity contribution in [3.8, 4) is 0 Å². The predicted octanol–water partition coefficient (Wildman–Crippen LogP) is 2.38. The Balaban J connectivity index is 1.74. The molecule has 0 aliphatic carbocycles. The van der Waals surface area contributed by atoms with Gasteiger partial charge in [0.15, 0.2) is 5.65 Å². The highest BCUT2D eigenvalue weighted by Crippen LogP contribution is 2.33. The maximum Gasteiger partial charge on any atom is 0.275 e. The molecule has 31 heavy (non-hydrogen) atoms. The van der Waals surface area contributed by atoms with E-state index in [1.165, 1.54) is 4.52 Å². The van der Waals surface area contributed by atoms with Crippen LogP contribution in [-0.2, 0) is 10.0 Å². The smallest absolute Gasteiger partial charge is 0.275 e. The Morgan fingerprint density at radius 2 is 1.97 bits per heavy atom. The Morgan fingerprint density at radius 3 is 2.71 bits per heavy atom. The molecule has 1 fully saturated rings. The van der Waals surface area contributed by atoms with Crippen LogP contribution in [-0.4, -0.2) is 46.6 Å². The van der Waals surface area contributed by atoms with Gasteiger partial charge in [-0.3, -0.25) is 19.4 Å². The topological polar surface area (TPSA) is 117 Å². The van der Waals surface area contributed by atoms with E-state index < -0.39 is 10.0 Å². The fourth-order valence-corrected chi connectivity index (χ4v) is 4.60. The lowest BCUT2D eigenvalue weighted by atomic mass is 9.98. The summed E-state index contributed by atoms with van der Waals surface area (Å²) < 4.78 is 27.3. The summed E-state index contributed by atoms with van der Waals surface area (Å²) >= 11 is 0. The number of aromatic nitrogens is 3. The van der Waals surface area contributed by atoms with Crippen LogP contribution in [0.5, 0.6) is 0 Å². The van der Waals surface area contributed by atoms with E-state index in [9.17, 15) is 18.0 Å². The minimum absolute atomic E-state index is 0.162. The third-order valence-corrected chi connectivity index (χ3v) is 6.27. The molecule has 164 valence electrons. The summed E-state index contributed by atoms with van der Waals surface area (Å²) in [6.45, 7) is 4.07. The van der Waals surface area contributed by atoms with Crippen LogP contribution >= 0.6 is 0 Å². The number of hydrogen-bond donors (Lipinski definition) is 2. The molecule has 1 amide bonds. The number of anilines is 1. The van der Waals surface area contributed by atoms with Gasteiger partial charge < -0.3 is 4.90 Å². The Hall–Kier alpha value is -3.14. The minimum Gasteiger partial charge on any atom is -0.330 e. The van der Waals surface area contributed by atoms with Crippen molar-refractivity contribution < 1.29 is 13.2 Å². The number of carbonyl (C=O) groups is 1. The molecule has 2 N–H and O–H groups in total. The van der Waals surface area contributed by atoms with E-state index in [0.29, 0.717) is 23.4 Å². The number of para-hydroxylation sites is 1. The molecule has 0 radical (unpaired) electrons. The van der Waals surface area contributed by atoms with Crippen molar-refractivity contribution in [3.63, 3.8) is 0 Å². The summed E-state index contributed by atoms with van der Waals surface area (Å²) in [5.74, 6) is -0.261. The highest BCUT2D eigenvalue weighted by atomic mass is 32.2. The Kier molecular flexibility index (Phi) is 5.34. The fourth-order valence-electron chi connectivity index (χ4n) is 4.02. The van der Waals surface area contributed by atoms with Crippen LogP contribution in [0, 0.1) is 13.8 Å². The van der Waals surface area contributed by atoms with Gasteiger partial charge in [-0.05, 0) is 45.2 Å². The van der Waals surface area contributed by atoms with Crippen LogP contribution < -0.4 is 10.3 Å². The van der Waals surface area contributed by atoms with E-state index in [-0.39, 0.29) is 28.8 Å². The number of piperidine rings is 1.